The summed E-state index contributed by atoms with van der Waals surface area (Å²) >= 11 is 0. The molecule has 0 radical (unpaired) electrons. The molecule has 1 heterocycles. The number of benzene rings is 2. The van der Waals surface area contributed by atoms with E-state index in [0.29, 0.717) is 22.6 Å². The number of hydrogen-bond donors (Lipinski definition) is 2. The molecule has 0 atom stereocenters. The van der Waals surface area contributed by atoms with Crippen LogP contribution in [0.1, 0.15) is 16.7 Å². The molecule has 2 aromatic carbocycles. The number of methoxy groups -OCH3 is 3. The van der Waals surface area contributed by atoms with E-state index in [1.807, 2.05) is 19.1 Å². The number of ether oxygens (including phenoxy) is 3. The van der Waals surface area contributed by atoms with Crippen LogP contribution >= 0.6 is 0 Å². The Morgan fingerprint density at radius 1 is 0.929 bits per heavy atom. The molecule has 1 aromatic heterocycles. The van der Waals surface area contributed by atoms with E-state index in [0.717, 1.165) is 5.56 Å². The molecule has 0 unspecified atom stereocenters. The fraction of sp³-hybridized carbons (Fsp3) is 0.286. The van der Waals surface area contributed by atoms with E-state index in [1.54, 1.807) is 13.2 Å². The third kappa shape index (κ3) is 3.08. The predicted octanol–water partition coefficient (Wildman–Crippen LogP) is 2.78. The number of aliphatic hydroxyl groups is 2. The molecule has 0 spiro atoms. The van der Waals surface area contributed by atoms with Crippen LogP contribution in [0.5, 0.6) is 17.2 Å². The summed E-state index contributed by atoms with van der Waals surface area (Å²) in [6, 6.07) is 6.82. The van der Waals surface area contributed by atoms with Gasteiger partial charge in [0.25, 0.3) is 0 Å². The standard InChI is InChI=1S/C21H22O7/c1-11-5-6-12(7-16(11)25-2)17-8-15(24)18-19(26-3)13(9-22)14(10-23)20(27-4)21(18)28-17/h5-8,22-23H,9-10H2,1-4H3. The van der Waals surface area contributed by atoms with Gasteiger partial charge in [0.1, 0.15) is 22.6 Å². The molecule has 28 heavy (non-hydrogen) atoms. The fourth-order valence-corrected chi connectivity index (χ4v) is 3.32. The van der Waals surface area contributed by atoms with Gasteiger partial charge in [-0.2, -0.15) is 0 Å². The zero-order valence-corrected chi connectivity index (χ0v) is 16.2. The van der Waals surface area contributed by atoms with Gasteiger partial charge in [-0.05, 0) is 18.6 Å². The van der Waals surface area contributed by atoms with Crippen LogP contribution in [0.15, 0.2) is 33.5 Å². The van der Waals surface area contributed by atoms with E-state index in [2.05, 4.69) is 0 Å². The van der Waals surface area contributed by atoms with Crippen molar-refractivity contribution in [3.8, 4) is 28.6 Å². The molecule has 0 saturated carbocycles. The van der Waals surface area contributed by atoms with Gasteiger partial charge in [-0.1, -0.05) is 12.1 Å². The van der Waals surface area contributed by atoms with Crippen molar-refractivity contribution in [1.82, 2.24) is 0 Å². The average Bonchev–Trinajstić information content (AvgIpc) is 2.71. The zero-order valence-electron chi connectivity index (χ0n) is 16.2. The van der Waals surface area contributed by atoms with E-state index in [-0.39, 0.29) is 33.5 Å². The minimum Gasteiger partial charge on any atom is -0.496 e. The molecular weight excluding hydrogens is 364 g/mol. The van der Waals surface area contributed by atoms with Gasteiger partial charge in [-0.15, -0.1) is 0 Å². The lowest BCUT2D eigenvalue weighted by Crippen LogP contribution is -2.09. The Balaban J connectivity index is 2.41. The third-order valence-electron chi connectivity index (χ3n) is 4.71. The average molecular weight is 386 g/mol. The molecule has 0 saturated heterocycles. The maximum Gasteiger partial charge on any atom is 0.197 e. The summed E-state index contributed by atoms with van der Waals surface area (Å²) in [7, 11) is 4.36. The summed E-state index contributed by atoms with van der Waals surface area (Å²) in [4.78, 5) is 12.9. The molecule has 2 N–H and O–H groups in total. The first kappa shape index (κ1) is 19.7. The lowest BCUT2D eigenvalue weighted by molar-refractivity contribution is 0.248. The van der Waals surface area contributed by atoms with Crippen molar-refractivity contribution in [2.75, 3.05) is 21.3 Å². The highest BCUT2D eigenvalue weighted by Gasteiger charge is 2.24. The number of aryl methyl sites for hydroxylation is 1. The van der Waals surface area contributed by atoms with Crippen LogP contribution in [-0.4, -0.2) is 31.5 Å². The van der Waals surface area contributed by atoms with Gasteiger partial charge in [0.2, 0.25) is 0 Å². The lowest BCUT2D eigenvalue weighted by Gasteiger charge is -2.18. The van der Waals surface area contributed by atoms with Gasteiger partial charge >= 0.3 is 0 Å². The van der Waals surface area contributed by atoms with E-state index in [1.165, 1.54) is 20.3 Å². The van der Waals surface area contributed by atoms with Crippen LogP contribution in [0.25, 0.3) is 22.3 Å². The molecule has 0 aliphatic heterocycles. The van der Waals surface area contributed by atoms with Crippen LogP contribution in [0.3, 0.4) is 0 Å². The Kier molecular flexibility index (Phi) is 5.58. The van der Waals surface area contributed by atoms with Crippen molar-refractivity contribution in [3.63, 3.8) is 0 Å². The molecule has 0 bridgehead atoms. The third-order valence-corrected chi connectivity index (χ3v) is 4.71. The van der Waals surface area contributed by atoms with Gasteiger partial charge in [-0.3, -0.25) is 4.79 Å². The molecule has 3 aromatic rings. The Morgan fingerprint density at radius 2 is 1.57 bits per heavy atom. The van der Waals surface area contributed by atoms with Gasteiger partial charge in [0.15, 0.2) is 16.8 Å². The molecule has 0 fully saturated rings. The second-order valence-electron chi connectivity index (χ2n) is 6.20. The molecule has 0 aliphatic rings. The fourth-order valence-electron chi connectivity index (χ4n) is 3.32. The van der Waals surface area contributed by atoms with Crippen molar-refractivity contribution in [3.05, 3.63) is 51.2 Å². The van der Waals surface area contributed by atoms with E-state index in [9.17, 15) is 15.0 Å². The SMILES string of the molecule is COc1cc(-c2cc(=O)c3c(OC)c(CO)c(CO)c(OC)c3o2)ccc1C. The van der Waals surface area contributed by atoms with Crippen LogP contribution in [-0.2, 0) is 13.2 Å². The number of hydrogen-bond acceptors (Lipinski definition) is 7. The van der Waals surface area contributed by atoms with Crippen molar-refractivity contribution in [1.29, 1.82) is 0 Å². The number of rotatable bonds is 6. The monoisotopic (exact) mass is 386 g/mol. The molecule has 0 aliphatic carbocycles. The maximum atomic E-state index is 12.9. The first-order valence-corrected chi connectivity index (χ1v) is 8.60. The Morgan fingerprint density at radius 3 is 2.14 bits per heavy atom. The van der Waals surface area contributed by atoms with Gasteiger partial charge in [0.05, 0.1) is 34.5 Å². The highest BCUT2D eigenvalue weighted by atomic mass is 16.5. The zero-order chi connectivity index (χ0) is 20.4. The molecule has 7 nitrogen and oxygen atoms in total. The second kappa shape index (κ2) is 7.92. The molecule has 7 heteroatoms. The smallest absolute Gasteiger partial charge is 0.197 e. The van der Waals surface area contributed by atoms with Crippen LogP contribution in [0, 0.1) is 6.92 Å². The van der Waals surface area contributed by atoms with Crippen LogP contribution in [0.4, 0.5) is 0 Å². The topological polar surface area (TPSA) is 98.4 Å². The lowest BCUT2D eigenvalue weighted by atomic mass is 10.0. The van der Waals surface area contributed by atoms with Crippen molar-refractivity contribution >= 4 is 11.0 Å². The van der Waals surface area contributed by atoms with Gasteiger partial charge in [-0.25, -0.2) is 0 Å². The molecular formula is C21H22O7. The molecule has 148 valence electrons. The minimum absolute atomic E-state index is 0.141. The molecule has 0 amide bonds. The van der Waals surface area contributed by atoms with E-state index < -0.39 is 13.2 Å². The highest BCUT2D eigenvalue weighted by molar-refractivity contribution is 5.92. The number of fused-ring (bicyclic) bond motifs is 1. The predicted molar refractivity (Wildman–Crippen MR) is 104 cm³/mol. The Bertz CT molecular complexity index is 1080. The summed E-state index contributed by atoms with van der Waals surface area (Å²) in [6.07, 6.45) is 0. The Labute approximate surface area is 161 Å². The largest absolute Gasteiger partial charge is 0.496 e. The minimum atomic E-state index is -0.429. The second-order valence-corrected chi connectivity index (χ2v) is 6.20. The van der Waals surface area contributed by atoms with Crippen molar-refractivity contribution in [2.45, 2.75) is 20.1 Å². The summed E-state index contributed by atoms with van der Waals surface area (Å²) in [6.45, 7) is 1.07. The summed E-state index contributed by atoms with van der Waals surface area (Å²) in [5.74, 6) is 1.32. The van der Waals surface area contributed by atoms with E-state index >= 15 is 0 Å². The summed E-state index contributed by atoms with van der Waals surface area (Å²) in [5, 5.41) is 19.7. The quantitative estimate of drug-likeness (QED) is 0.672. The maximum absolute atomic E-state index is 12.9. The summed E-state index contributed by atoms with van der Waals surface area (Å²) < 4.78 is 22.1. The van der Waals surface area contributed by atoms with Gasteiger partial charge < -0.3 is 28.8 Å². The first-order chi connectivity index (χ1) is 13.5. The van der Waals surface area contributed by atoms with Crippen molar-refractivity contribution < 1.29 is 28.8 Å². The van der Waals surface area contributed by atoms with Gasteiger partial charge in [0, 0.05) is 22.8 Å². The first-order valence-electron chi connectivity index (χ1n) is 8.60. The van der Waals surface area contributed by atoms with Crippen LogP contribution < -0.4 is 19.6 Å². The van der Waals surface area contributed by atoms with Crippen LogP contribution in [0.2, 0.25) is 0 Å². The molecule has 3 rings (SSSR count). The summed E-state index contributed by atoms with van der Waals surface area (Å²) in [5.41, 5.74) is 1.97. The highest BCUT2D eigenvalue weighted by Crippen LogP contribution is 2.41. The normalized spacial score (nSPS) is 10.9. The van der Waals surface area contributed by atoms with Crippen molar-refractivity contribution in [2.24, 2.45) is 0 Å². The number of aliphatic hydroxyl groups excluding tert-OH is 2. The van der Waals surface area contributed by atoms with E-state index in [4.69, 9.17) is 18.6 Å². The Hall–Kier alpha value is -3.03.